The minimum absolute atomic E-state index is 0.685. The average molecular weight is 304 g/mol. The molecular weight excluding hydrogens is 280 g/mol. The predicted octanol–water partition coefficient (Wildman–Crippen LogP) is 3.74. The first kappa shape index (κ1) is 14.7. The van der Waals surface area contributed by atoms with Crippen LogP contribution in [0.3, 0.4) is 0 Å². The van der Waals surface area contributed by atoms with Crippen LogP contribution < -0.4 is 5.32 Å². The molecule has 3 rings (SSSR count). The summed E-state index contributed by atoms with van der Waals surface area (Å²) in [5, 5.41) is 6.61. The van der Waals surface area contributed by atoms with Gasteiger partial charge in [0.05, 0.1) is 11.9 Å². The summed E-state index contributed by atoms with van der Waals surface area (Å²) in [6.45, 7) is 9.56. The molecule has 0 atom stereocenters. The number of thiophene rings is 1. The van der Waals surface area contributed by atoms with E-state index in [1.54, 1.807) is 11.3 Å². The molecule has 0 amide bonds. The molecule has 2 aromatic rings. The second-order valence-corrected chi connectivity index (χ2v) is 7.11. The Bertz CT molecular complexity index is 603. The molecule has 1 saturated carbocycles. The van der Waals surface area contributed by atoms with E-state index in [0.29, 0.717) is 5.92 Å². The van der Waals surface area contributed by atoms with Crippen LogP contribution in [0.25, 0.3) is 10.2 Å². The third-order valence-electron chi connectivity index (χ3n) is 3.72. The number of hydrogen-bond donors (Lipinski definition) is 1. The lowest BCUT2D eigenvalue weighted by molar-refractivity contribution is 0.221. The van der Waals surface area contributed by atoms with Crippen LogP contribution in [-0.2, 0) is 6.54 Å². The fraction of sp³-hybridized carbons (Fsp3) is 0.625. The van der Waals surface area contributed by atoms with Gasteiger partial charge in [-0.15, -0.1) is 11.3 Å². The molecule has 1 fully saturated rings. The Morgan fingerprint density at radius 1 is 1.38 bits per heavy atom. The number of hydrogen-bond acceptors (Lipinski definition) is 5. The first-order valence-corrected chi connectivity index (χ1v) is 8.77. The lowest BCUT2D eigenvalue weighted by Gasteiger charge is -2.23. The molecule has 0 radical (unpaired) electrons. The highest BCUT2D eigenvalue weighted by Crippen LogP contribution is 2.30. The maximum Gasteiger partial charge on any atom is 0.146 e. The third kappa shape index (κ3) is 3.52. The van der Waals surface area contributed by atoms with Crippen LogP contribution >= 0.6 is 11.3 Å². The van der Waals surface area contributed by atoms with E-state index in [1.807, 2.05) is 0 Å². The van der Waals surface area contributed by atoms with E-state index in [1.165, 1.54) is 12.8 Å². The molecule has 2 aromatic heterocycles. The summed E-state index contributed by atoms with van der Waals surface area (Å²) >= 11 is 1.70. The molecule has 0 spiro atoms. The largest absolute Gasteiger partial charge is 0.370 e. The fourth-order valence-electron chi connectivity index (χ4n) is 2.71. The zero-order valence-corrected chi connectivity index (χ0v) is 13.9. The van der Waals surface area contributed by atoms with Crippen LogP contribution in [0.1, 0.15) is 39.4 Å². The summed E-state index contributed by atoms with van der Waals surface area (Å²) in [6.07, 6.45) is 2.65. The predicted molar refractivity (Wildman–Crippen MR) is 89.8 cm³/mol. The number of aromatic nitrogens is 2. The minimum atomic E-state index is 0.685. The SMILES string of the molecule is CCNc1nc(CN(CC(C)C)C2CC2)nc2sccc12. The molecule has 5 heteroatoms. The van der Waals surface area contributed by atoms with Crippen molar-refractivity contribution in [1.82, 2.24) is 14.9 Å². The molecule has 0 aromatic carbocycles. The van der Waals surface area contributed by atoms with Gasteiger partial charge in [0, 0.05) is 19.1 Å². The number of nitrogens with one attached hydrogen (secondary N) is 1. The Balaban J connectivity index is 1.84. The first-order chi connectivity index (χ1) is 10.2. The smallest absolute Gasteiger partial charge is 0.146 e. The minimum Gasteiger partial charge on any atom is -0.370 e. The molecule has 2 heterocycles. The molecule has 1 N–H and O–H groups in total. The van der Waals surface area contributed by atoms with E-state index in [2.05, 4.69) is 42.4 Å². The highest BCUT2D eigenvalue weighted by Gasteiger charge is 2.30. The molecule has 21 heavy (non-hydrogen) atoms. The normalized spacial score (nSPS) is 15.3. The van der Waals surface area contributed by atoms with Gasteiger partial charge < -0.3 is 5.32 Å². The molecule has 4 nitrogen and oxygen atoms in total. The van der Waals surface area contributed by atoms with Gasteiger partial charge in [-0.25, -0.2) is 9.97 Å². The van der Waals surface area contributed by atoms with Crippen LogP contribution in [0.4, 0.5) is 5.82 Å². The van der Waals surface area contributed by atoms with Gasteiger partial charge in [0.2, 0.25) is 0 Å². The van der Waals surface area contributed by atoms with Crippen LogP contribution in [0, 0.1) is 5.92 Å². The van der Waals surface area contributed by atoms with Crippen molar-refractivity contribution in [3.05, 3.63) is 17.3 Å². The van der Waals surface area contributed by atoms with Crippen LogP contribution in [0.2, 0.25) is 0 Å². The standard InChI is InChI=1S/C16H24N4S/c1-4-17-15-13-7-8-21-16(13)19-14(18-15)10-20(9-11(2)3)12-5-6-12/h7-8,11-12H,4-6,9-10H2,1-3H3,(H,17,18,19). The number of nitrogens with zero attached hydrogens (tertiary/aromatic N) is 3. The average Bonchev–Trinajstić information content (AvgIpc) is 3.17. The Morgan fingerprint density at radius 3 is 2.86 bits per heavy atom. The molecule has 0 bridgehead atoms. The van der Waals surface area contributed by atoms with Crippen molar-refractivity contribution in [1.29, 1.82) is 0 Å². The topological polar surface area (TPSA) is 41.1 Å². The van der Waals surface area contributed by atoms with E-state index in [0.717, 1.165) is 47.5 Å². The van der Waals surface area contributed by atoms with Gasteiger partial charge in [0.15, 0.2) is 0 Å². The van der Waals surface area contributed by atoms with E-state index in [4.69, 9.17) is 9.97 Å². The number of anilines is 1. The molecule has 114 valence electrons. The maximum absolute atomic E-state index is 4.76. The Morgan fingerprint density at radius 2 is 2.19 bits per heavy atom. The summed E-state index contributed by atoms with van der Waals surface area (Å²) in [5.74, 6) is 2.62. The highest BCUT2D eigenvalue weighted by molar-refractivity contribution is 7.16. The van der Waals surface area contributed by atoms with Crippen LogP contribution in [0.15, 0.2) is 11.4 Å². The molecule has 1 aliphatic rings. The summed E-state index contributed by atoms with van der Waals surface area (Å²) in [5.41, 5.74) is 0. The summed E-state index contributed by atoms with van der Waals surface area (Å²) in [4.78, 5) is 13.2. The van der Waals surface area contributed by atoms with Crippen LogP contribution in [-0.4, -0.2) is 34.0 Å². The lowest BCUT2D eigenvalue weighted by Crippen LogP contribution is -2.30. The fourth-order valence-corrected chi connectivity index (χ4v) is 3.49. The molecule has 0 saturated heterocycles. The molecule has 0 unspecified atom stereocenters. The van der Waals surface area contributed by atoms with Crippen molar-refractivity contribution in [2.24, 2.45) is 5.92 Å². The Hall–Kier alpha value is -1.20. The number of rotatable bonds is 7. The van der Waals surface area contributed by atoms with Crippen molar-refractivity contribution in [3.8, 4) is 0 Å². The van der Waals surface area contributed by atoms with Crippen molar-refractivity contribution in [3.63, 3.8) is 0 Å². The van der Waals surface area contributed by atoms with Gasteiger partial charge in [-0.05, 0) is 37.1 Å². The van der Waals surface area contributed by atoms with E-state index >= 15 is 0 Å². The zero-order valence-electron chi connectivity index (χ0n) is 13.1. The van der Waals surface area contributed by atoms with Gasteiger partial charge in [-0.3, -0.25) is 4.90 Å². The van der Waals surface area contributed by atoms with Gasteiger partial charge >= 0.3 is 0 Å². The number of fused-ring (bicyclic) bond motifs is 1. The van der Waals surface area contributed by atoms with Gasteiger partial charge in [0.1, 0.15) is 16.5 Å². The quantitative estimate of drug-likeness (QED) is 0.846. The zero-order chi connectivity index (χ0) is 14.8. The van der Waals surface area contributed by atoms with Crippen LogP contribution in [0.5, 0.6) is 0 Å². The van der Waals surface area contributed by atoms with E-state index in [9.17, 15) is 0 Å². The second kappa shape index (κ2) is 6.28. The van der Waals surface area contributed by atoms with Crippen molar-refractivity contribution in [2.45, 2.75) is 46.2 Å². The molecular formula is C16H24N4S. The van der Waals surface area contributed by atoms with E-state index < -0.39 is 0 Å². The first-order valence-electron chi connectivity index (χ1n) is 7.89. The molecule has 0 aliphatic heterocycles. The second-order valence-electron chi connectivity index (χ2n) is 6.21. The van der Waals surface area contributed by atoms with Crippen molar-refractivity contribution >= 4 is 27.4 Å². The summed E-state index contributed by atoms with van der Waals surface area (Å²) in [6, 6.07) is 2.85. The lowest BCUT2D eigenvalue weighted by atomic mass is 10.2. The summed E-state index contributed by atoms with van der Waals surface area (Å²) < 4.78 is 0. The third-order valence-corrected chi connectivity index (χ3v) is 4.53. The highest BCUT2D eigenvalue weighted by atomic mass is 32.1. The maximum atomic E-state index is 4.76. The monoisotopic (exact) mass is 304 g/mol. The summed E-state index contributed by atoms with van der Waals surface area (Å²) in [7, 11) is 0. The Labute approximate surface area is 130 Å². The molecule has 1 aliphatic carbocycles. The van der Waals surface area contributed by atoms with Gasteiger partial charge in [0.25, 0.3) is 0 Å². The van der Waals surface area contributed by atoms with Gasteiger partial charge in [-0.2, -0.15) is 0 Å². The van der Waals surface area contributed by atoms with Crippen molar-refractivity contribution < 1.29 is 0 Å². The van der Waals surface area contributed by atoms with E-state index in [-0.39, 0.29) is 0 Å². The van der Waals surface area contributed by atoms with Crippen molar-refractivity contribution in [2.75, 3.05) is 18.4 Å². The Kier molecular flexibility index (Phi) is 4.40. The van der Waals surface area contributed by atoms with Gasteiger partial charge in [-0.1, -0.05) is 13.8 Å².